The zero-order chi connectivity index (χ0) is 25.9. The Morgan fingerprint density at radius 1 is 1.11 bits per heavy atom. The Kier molecular flexibility index (Phi) is 7.27. The normalized spacial score (nSPS) is 18.0. The van der Waals surface area contributed by atoms with Gasteiger partial charge in [0.05, 0.1) is 23.2 Å². The first-order chi connectivity index (χ1) is 17.1. The standard InChI is InChI=1S/C25H28F3N7O/c1-14-9-10-18-17(11-14)21(33-19-7-2-3-8-20(19)34-24(29)30)35-22(32-18)23(36)31-13-15-5-4-6-16(12-15)25(26,27)28/h4-6,9-12,19-20H,2-3,7-8,13H2,1H3,(H,31,36)(H4,29,30,34)(H,32,33,35). The van der Waals surface area contributed by atoms with Crippen molar-refractivity contribution in [3.8, 4) is 0 Å². The predicted molar refractivity (Wildman–Crippen MR) is 132 cm³/mol. The summed E-state index contributed by atoms with van der Waals surface area (Å²) in [4.78, 5) is 26.2. The lowest BCUT2D eigenvalue weighted by Gasteiger charge is -2.30. The van der Waals surface area contributed by atoms with Crippen molar-refractivity contribution in [2.45, 2.75) is 57.4 Å². The molecule has 11 heteroatoms. The van der Waals surface area contributed by atoms with E-state index < -0.39 is 17.6 Å². The number of guanidine groups is 1. The summed E-state index contributed by atoms with van der Waals surface area (Å²) in [5.74, 6) is -0.181. The third-order valence-electron chi connectivity index (χ3n) is 6.13. The van der Waals surface area contributed by atoms with Gasteiger partial charge in [-0.3, -0.25) is 4.79 Å². The number of nitrogens with zero attached hydrogens (tertiary/aromatic N) is 3. The summed E-state index contributed by atoms with van der Waals surface area (Å²) in [6, 6.07) is 10.2. The van der Waals surface area contributed by atoms with E-state index in [1.165, 1.54) is 12.1 Å². The molecule has 1 heterocycles. The Morgan fingerprint density at radius 2 is 1.89 bits per heavy atom. The summed E-state index contributed by atoms with van der Waals surface area (Å²) in [7, 11) is 0. The number of hydrogen-bond acceptors (Lipinski definition) is 5. The van der Waals surface area contributed by atoms with Crippen LogP contribution in [0.3, 0.4) is 0 Å². The van der Waals surface area contributed by atoms with Crippen LogP contribution >= 0.6 is 0 Å². The molecular weight excluding hydrogens is 471 g/mol. The van der Waals surface area contributed by atoms with Crippen molar-refractivity contribution < 1.29 is 18.0 Å². The second-order valence-corrected chi connectivity index (χ2v) is 8.95. The molecule has 0 spiro atoms. The van der Waals surface area contributed by atoms with Crippen LogP contribution in [-0.2, 0) is 12.7 Å². The SMILES string of the molecule is Cc1ccc2nc(C(=O)NCc3cccc(C(F)(F)F)c3)nc(NC3CCCCC3N=C(N)N)c2c1. The molecule has 1 saturated carbocycles. The molecule has 190 valence electrons. The van der Waals surface area contributed by atoms with Gasteiger partial charge in [0, 0.05) is 11.9 Å². The summed E-state index contributed by atoms with van der Waals surface area (Å²) in [6.45, 7) is 1.84. The first kappa shape index (κ1) is 25.2. The van der Waals surface area contributed by atoms with Gasteiger partial charge in [0.25, 0.3) is 5.91 Å². The Morgan fingerprint density at radius 3 is 2.64 bits per heavy atom. The van der Waals surface area contributed by atoms with Crippen LogP contribution in [0.4, 0.5) is 19.0 Å². The van der Waals surface area contributed by atoms with Gasteiger partial charge in [-0.25, -0.2) is 15.0 Å². The zero-order valence-corrected chi connectivity index (χ0v) is 19.8. The minimum Gasteiger partial charge on any atom is -0.370 e. The molecule has 36 heavy (non-hydrogen) atoms. The minimum atomic E-state index is -4.46. The number of nitrogens with one attached hydrogen (secondary N) is 2. The number of aliphatic imine (C=N–C) groups is 1. The number of carbonyl (C=O) groups excluding carboxylic acids is 1. The van der Waals surface area contributed by atoms with E-state index in [1.807, 2.05) is 19.1 Å². The largest absolute Gasteiger partial charge is 0.416 e. The molecule has 0 aliphatic heterocycles. The van der Waals surface area contributed by atoms with E-state index in [0.717, 1.165) is 48.8 Å². The fourth-order valence-corrected chi connectivity index (χ4v) is 4.37. The van der Waals surface area contributed by atoms with E-state index in [2.05, 4.69) is 25.6 Å². The first-order valence-electron chi connectivity index (χ1n) is 11.7. The number of carbonyl (C=O) groups is 1. The third-order valence-corrected chi connectivity index (χ3v) is 6.13. The van der Waals surface area contributed by atoms with Crippen molar-refractivity contribution in [2.75, 3.05) is 5.32 Å². The topological polar surface area (TPSA) is 131 Å². The Bertz CT molecular complexity index is 1290. The molecule has 1 amide bonds. The second-order valence-electron chi connectivity index (χ2n) is 8.95. The monoisotopic (exact) mass is 499 g/mol. The number of alkyl halides is 3. The number of benzene rings is 2. The number of rotatable bonds is 6. The number of hydrogen-bond donors (Lipinski definition) is 4. The lowest BCUT2D eigenvalue weighted by Crippen LogP contribution is -2.38. The van der Waals surface area contributed by atoms with Gasteiger partial charge in [0.1, 0.15) is 5.82 Å². The maximum absolute atomic E-state index is 13.0. The molecule has 0 bridgehead atoms. The first-order valence-corrected chi connectivity index (χ1v) is 11.7. The molecule has 3 aromatic rings. The minimum absolute atomic E-state index is 0.0201. The smallest absolute Gasteiger partial charge is 0.370 e. The molecule has 6 N–H and O–H groups in total. The van der Waals surface area contributed by atoms with E-state index in [-0.39, 0.29) is 30.4 Å². The van der Waals surface area contributed by atoms with Gasteiger partial charge in [0.2, 0.25) is 5.82 Å². The summed E-state index contributed by atoms with van der Waals surface area (Å²) in [5, 5.41) is 6.80. The molecule has 2 unspecified atom stereocenters. The number of halogens is 3. The number of aryl methyl sites for hydroxylation is 1. The molecule has 0 radical (unpaired) electrons. The maximum Gasteiger partial charge on any atom is 0.416 e. The number of fused-ring (bicyclic) bond motifs is 1. The Balaban J connectivity index is 1.60. The van der Waals surface area contributed by atoms with Gasteiger partial charge in [-0.1, -0.05) is 36.6 Å². The van der Waals surface area contributed by atoms with Gasteiger partial charge < -0.3 is 22.1 Å². The molecule has 4 rings (SSSR count). The van der Waals surface area contributed by atoms with Crippen molar-refractivity contribution in [3.05, 3.63) is 65.0 Å². The van der Waals surface area contributed by atoms with Crippen molar-refractivity contribution in [2.24, 2.45) is 16.5 Å². The van der Waals surface area contributed by atoms with Crippen LogP contribution in [0.1, 0.15) is 53.0 Å². The van der Waals surface area contributed by atoms with Crippen LogP contribution in [0.5, 0.6) is 0 Å². The fourth-order valence-electron chi connectivity index (χ4n) is 4.37. The average molecular weight is 500 g/mol. The van der Waals surface area contributed by atoms with E-state index in [0.29, 0.717) is 16.9 Å². The van der Waals surface area contributed by atoms with Gasteiger partial charge in [-0.05, 0) is 49.6 Å². The van der Waals surface area contributed by atoms with Gasteiger partial charge in [0.15, 0.2) is 5.96 Å². The summed E-state index contributed by atoms with van der Waals surface area (Å²) in [5.41, 5.74) is 12.4. The molecule has 0 saturated heterocycles. The summed E-state index contributed by atoms with van der Waals surface area (Å²) >= 11 is 0. The number of nitrogens with two attached hydrogens (primary N) is 2. The van der Waals surface area contributed by atoms with Crippen molar-refractivity contribution in [1.29, 1.82) is 0 Å². The van der Waals surface area contributed by atoms with Crippen LogP contribution in [-0.4, -0.2) is 33.9 Å². The van der Waals surface area contributed by atoms with Crippen molar-refractivity contribution >= 4 is 28.6 Å². The highest BCUT2D eigenvalue weighted by atomic mass is 19.4. The molecule has 1 aromatic heterocycles. The number of amides is 1. The van der Waals surface area contributed by atoms with Crippen LogP contribution in [0, 0.1) is 6.92 Å². The molecule has 1 fully saturated rings. The van der Waals surface area contributed by atoms with E-state index >= 15 is 0 Å². The molecule has 8 nitrogen and oxygen atoms in total. The van der Waals surface area contributed by atoms with Gasteiger partial charge in [-0.2, -0.15) is 13.2 Å². The lowest BCUT2D eigenvalue weighted by atomic mass is 9.90. The van der Waals surface area contributed by atoms with Crippen molar-refractivity contribution in [3.63, 3.8) is 0 Å². The maximum atomic E-state index is 13.0. The van der Waals surface area contributed by atoms with Gasteiger partial charge in [-0.15, -0.1) is 0 Å². The van der Waals surface area contributed by atoms with E-state index in [1.54, 1.807) is 6.07 Å². The van der Waals surface area contributed by atoms with Crippen LogP contribution in [0.2, 0.25) is 0 Å². The van der Waals surface area contributed by atoms with E-state index in [4.69, 9.17) is 11.5 Å². The highest BCUT2D eigenvalue weighted by molar-refractivity contribution is 5.96. The summed E-state index contributed by atoms with van der Waals surface area (Å²) in [6.07, 6.45) is -0.805. The van der Waals surface area contributed by atoms with E-state index in [9.17, 15) is 18.0 Å². The molecule has 2 aromatic carbocycles. The Labute approximate surface area is 206 Å². The third kappa shape index (κ3) is 6.02. The second kappa shape index (κ2) is 10.4. The lowest BCUT2D eigenvalue weighted by molar-refractivity contribution is -0.137. The highest BCUT2D eigenvalue weighted by Gasteiger charge is 2.30. The molecular formula is C25H28F3N7O. The Hall–Kier alpha value is -3.89. The highest BCUT2D eigenvalue weighted by Crippen LogP contribution is 2.30. The van der Waals surface area contributed by atoms with Gasteiger partial charge >= 0.3 is 6.18 Å². The predicted octanol–water partition coefficient (Wildman–Crippen LogP) is 3.88. The summed E-state index contributed by atoms with van der Waals surface area (Å²) < 4.78 is 39.0. The fraction of sp³-hybridized carbons (Fsp3) is 0.360. The number of aromatic nitrogens is 2. The van der Waals surface area contributed by atoms with Crippen molar-refractivity contribution in [1.82, 2.24) is 15.3 Å². The van der Waals surface area contributed by atoms with Crippen LogP contribution in [0.25, 0.3) is 10.9 Å². The molecule has 1 aliphatic carbocycles. The molecule has 2 atom stereocenters. The average Bonchev–Trinajstić information content (AvgIpc) is 2.83. The van der Waals surface area contributed by atoms with Crippen LogP contribution in [0.15, 0.2) is 47.5 Å². The molecule has 1 aliphatic rings. The zero-order valence-electron chi connectivity index (χ0n) is 19.8. The quantitative estimate of drug-likeness (QED) is 0.301. The number of anilines is 1. The van der Waals surface area contributed by atoms with Crippen LogP contribution < -0.4 is 22.1 Å².